The summed E-state index contributed by atoms with van der Waals surface area (Å²) in [7, 11) is 0. The van der Waals surface area contributed by atoms with E-state index in [1.807, 2.05) is 26.0 Å². The van der Waals surface area contributed by atoms with Gasteiger partial charge >= 0.3 is 0 Å². The quantitative estimate of drug-likeness (QED) is 0.849. The number of benzene rings is 1. The maximum Gasteiger partial charge on any atom is 0.270 e. The van der Waals surface area contributed by atoms with Crippen molar-refractivity contribution in [3.05, 3.63) is 51.0 Å². The first-order valence-corrected chi connectivity index (χ1v) is 6.25. The molecule has 1 aromatic heterocycles. The molecule has 0 saturated carbocycles. The lowest BCUT2D eigenvalue weighted by Gasteiger charge is -2.06. The van der Waals surface area contributed by atoms with Gasteiger partial charge in [-0.3, -0.25) is 4.79 Å². The predicted molar refractivity (Wildman–Crippen MR) is 69.9 cm³/mol. The first-order chi connectivity index (χ1) is 8.08. The highest BCUT2D eigenvalue weighted by Gasteiger charge is 2.09. The summed E-state index contributed by atoms with van der Waals surface area (Å²) in [5.74, 6) is 0. The molecule has 0 unspecified atom stereocenters. The SMILES string of the molecule is Cc1ccc(Sc2nc[nH]c(=O)c2Cl)c(C)c1. The van der Waals surface area contributed by atoms with Crippen LogP contribution in [-0.2, 0) is 0 Å². The Morgan fingerprint density at radius 2 is 2.12 bits per heavy atom. The Kier molecular flexibility index (Phi) is 3.54. The van der Waals surface area contributed by atoms with Crippen molar-refractivity contribution in [2.45, 2.75) is 23.8 Å². The maximum atomic E-state index is 11.3. The molecule has 2 rings (SSSR count). The highest BCUT2D eigenvalue weighted by atomic mass is 35.5. The summed E-state index contributed by atoms with van der Waals surface area (Å²) in [6, 6.07) is 6.12. The number of halogens is 1. The van der Waals surface area contributed by atoms with Gasteiger partial charge in [-0.2, -0.15) is 0 Å². The standard InChI is InChI=1S/C12H11ClN2OS/c1-7-3-4-9(8(2)5-7)17-12-10(13)11(16)14-6-15-12/h3-6H,1-2H3,(H,14,15,16). The van der Waals surface area contributed by atoms with Gasteiger partial charge in [0.05, 0.1) is 6.33 Å². The van der Waals surface area contributed by atoms with E-state index in [1.54, 1.807) is 0 Å². The number of rotatable bonds is 2. The van der Waals surface area contributed by atoms with Gasteiger partial charge in [-0.15, -0.1) is 0 Å². The van der Waals surface area contributed by atoms with Crippen LogP contribution in [0.1, 0.15) is 11.1 Å². The molecule has 5 heteroatoms. The summed E-state index contributed by atoms with van der Waals surface area (Å²) in [6.07, 6.45) is 1.36. The number of aromatic amines is 1. The molecule has 0 aliphatic rings. The third-order valence-corrected chi connectivity index (χ3v) is 3.95. The summed E-state index contributed by atoms with van der Waals surface area (Å²) in [5, 5.41) is 0.667. The summed E-state index contributed by atoms with van der Waals surface area (Å²) in [5.41, 5.74) is 2.04. The zero-order chi connectivity index (χ0) is 12.4. The van der Waals surface area contributed by atoms with E-state index in [-0.39, 0.29) is 10.6 Å². The number of H-pyrrole nitrogens is 1. The van der Waals surface area contributed by atoms with Crippen molar-refractivity contribution in [2.24, 2.45) is 0 Å². The summed E-state index contributed by atoms with van der Waals surface area (Å²) >= 11 is 7.30. The Labute approximate surface area is 108 Å². The van der Waals surface area contributed by atoms with Crippen molar-refractivity contribution >= 4 is 23.4 Å². The zero-order valence-electron chi connectivity index (χ0n) is 9.45. The van der Waals surface area contributed by atoms with Gasteiger partial charge in [-0.25, -0.2) is 4.98 Å². The number of hydrogen-bond acceptors (Lipinski definition) is 3. The maximum absolute atomic E-state index is 11.3. The van der Waals surface area contributed by atoms with Crippen LogP contribution in [0.5, 0.6) is 0 Å². The van der Waals surface area contributed by atoms with E-state index >= 15 is 0 Å². The first-order valence-electron chi connectivity index (χ1n) is 5.06. The third-order valence-electron chi connectivity index (χ3n) is 2.30. The molecule has 1 heterocycles. The average molecular weight is 267 g/mol. The largest absolute Gasteiger partial charge is 0.312 e. The number of aromatic nitrogens is 2. The minimum absolute atomic E-state index is 0.137. The minimum Gasteiger partial charge on any atom is -0.312 e. The normalized spacial score (nSPS) is 10.5. The van der Waals surface area contributed by atoms with Gasteiger partial charge in [0, 0.05) is 4.90 Å². The molecule has 1 N–H and O–H groups in total. The van der Waals surface area contributed by atoms with Crippen LogP contribution in [-0.4, -0.2) is 9.97 Å². The molecule has 3 nitrogen and oxygen atoms in total. The monoisotopic (exact) mass is 266 g/mol. The molecule has 2 aromatic rings. The van der Waals surface area contributed by atoms with Crippen LogP contribution < -0.4 is 5.56 Å². The Balaban J connectivity index is 2.38. The van der Waals surface area contributed by atoms with Crippen LogP contribution >= 0.6 is 23.4 Å². The smallest absolute Gasteiger partial charge is 0.270 e. The van der Waals surface area contributed by atoms with Crippen molar-refractivity contribution in [1.82, 2.24) is 9.97 Å². The lowest BCUT2D eigenvalue weighted by molar-refractivity contribution is 1.01. The first kappa shape index (κ1) is 12.2. The summed E-state index contributed by atoms with van der Waals surface area (Å²) < 4.78 is 0. The Hall–Kier alpha value is -1.26. The zero-order valence-corrected chi connectivity index (χ0v) is 11.0. The molecular formula is C12H11ClN2OS. The highest BCUT2D eigenvalue weighted by molar-refractivity contribution is 7.99. The number of nitrogens with one attached hydrogen (secondary N) is 1. The molecule has 0 saturated heterocycles. The van der Waals surface area contributed by atoms with Crippen molar-refractivity contribution in [2.75, 3.05) is 0 Å². The molecule has 0 amide bonds. The highest BCUT2D eigenvalue weighted by Crippen LogP contribution is 2.31. The fourth-order valence-electron chi connectivity index (χ4n) is 1.46. The molecular weight excluding hydrogens is 256 g/mol. The number of aryl methyl sites for hydroxylation is 2. The van der Waals surface area contributed by atoms with Crippen LogP contribution in [0, 0.1) is 13.8 Å². The van der Waals surface area contributed by atoms with Gasteiger partial charge in [0.2, 0.25) is 0 Å². The Morgan fingerprint density at radius 1 is 1.35 bits per heavy atom. The lowest BCUT2D eigenvalue weighted by Crippen LogP contribution is -2.07. The van der Waals surface area contributed by atoms with Crippen LogP contribution in [0.4, 0.5) is 0 Å². The van der Waals surface area contributed by atoms with E-state index in [9.17, 15) is 4.79 Å². The van der Waals surface area contributed by atoms with Gasteiger partial charge in [0.25, 0.3) is 5.56 Å². The molecule has 0 bridgehead atoms. The van der Waals surface area contributed by atoms with Gasteiger partial charge in [0.1, 0.15) is 10.0 Å². The van der Waals surface area contributed by atoms with E-state index in [4.69, 9.17) is 11.6 Å². The molecule has 0 atom stereocenters. The van der Waals surface area contributed by atoms with Crippen LogP contribution in [0.25, 0.3) is 0 Å². The molecule has 88 valence electrons. The molecule has 17 heavy (non-hydrogen) atoms. The van der Waals surface area contributed by atoms with Crippen molar-refractivity contribution in [3.63, 3.8) is 0 Å². The topological polar surface area (TPSA) is 45.8 Å². The molecule has 0 aliphatic heterocycles. The summed E-state index contributed by atoms with van der Waals surface area (Å²) in [4.78, 5) is 18.9. The predicted octanol–water partition coefficient (Wildman–Crippen LogP) is 3.19. The van der Waals surface area contributed by atoms with E-state index in [0.717, 1.165) is 10.5 Å². The van der Waals surface area contributed by atoms with Gasteiger partial charge in [-0.1, -0.05) is 41.1 Å². The second-order valence-electron chi connectivity index (χ2n) is 3.72. The van der Waals surface area contributed by atoms with Crippen molar-refractivity contribution < 1.29 is 0 Å². The average Bonchev–Trinajstić information content (AvgIpc) is 2.28. The lowest BCUT2D eigenvalue weighted by atomic mass is 10.2. The molecule has 0 radical (unpaired) electrons. The Bertz CT molecular complexity index is 610. The number of hydrogen-bond donors (Lipinski definition) is 1. The van der Waals surface area contributed by atoms with Crippen molar-refractivity contribution in [3.8, 4) is 0 Å². The van der Waals surface area contributed by atoms with Gasteiger partial charge < -0.3 is 4.98 Å². The molecule has 0 fully saturated rings. The molecule has 0 aliphatic carbocycles. The van der Waals surface area contributed by atoms with E-state index < -0.39 is 0 Å². The molecule has 1 aromatic carbocycles. The van der Waals surface area contributed by atoms with Crippen LogP contribution in [0.2, 0.25) is 5.02 Å². The fourth-order valence-corrected chi connectivity index (χ4v) is 2.53. The third kappa shape index (κ3) is 2.70. The second kappa shape index (κ2) is 4.94. The van der Waals surface area contributed by atoms with E-state index in [2.05, 4.69) is 16.0 Å². The van der Waals surface area contributed by atoms with E-state index in [1.165, 1.54) is 23.7 Å². The second-order valence-corrected chi connectivity index (χ2v) is 5.13. The van der Waals surface area contributed by atoms with Crippen LogP contribution in [0.15, 0.2) is 39.2 Å². The summed E-state index contributed by atoms with van der Waals surface area (Å²) in [6.45, 7) is 4.07. The van der Waals surface area contributed by atoms with Gasteiger partial charge in [-0.05, 0) is 25.5 Å². The minimum atomic E-state index is -0.311. The number of nitrogens with zero attached hydrogens (tertiary/aromatic N) is 1. The van der Waals surface area contributed by atoms with Crippen LogP contribution in [0.3, 0.4) is 0 Å². The fraction of sp³-hybridized carbons (Fsp3) is 0.167. The Morgan fingerprint density at radius 3 is 2.82 bits per heavy atom. The van der Waals surface area contributed by atoms with Crippen molar-refractivity contribution in [1.29, 1.82) is 0 Å². The van der Waals surface area contributed by atoms with E-state index in [0.29, 0.717) is 5.03 Å². The molecule has 0 spiro atoms. The van der Waals surface area contributed by atoms with Gasteiger partial charge in [0.15, 0.2) is 0 Å².